The molecule has 2 unspecified atom stereocenters. The lowest BCUT2D eigenvalue weighted by Crippen LogP contribution is -2.48. The summed E-state index contributed by atoms with van der Waals surface area (Å²) in [4.78, 5) is 23.0. The Labute approximate surface area is 145 Å². The largest absolute Gasteiger partial charge is 0.489 e. The van der Waals surface area contributed by atoms with Crippen molar-refractivity contribution < 1.29 is 19.4 Å². The summed E-state index contributed by atoms with van der Waals surface area (Å²) in [5, 5.41) is 15.0. The van der Waals surface area contributed by atoms with E-state index in [1.807, 2.05) is 42.5 Å². The van der Waals surface area contributed by atoms with E-state index in [2.05, 4.69) is 10.6 Å². The van der Waals surface area contributed by atoms with Crippen LogP contribution < -0.4 is 15.4 Å². The van der Waals surface area contributed by atoms with Gasteiger partial charge in [0, 0.05) is 5.69 Å². The maximum Gasteiger partial charge on any atom is 0.306 e. The van der Waals surface area contributed by atoms with Crippen molar-refractivity contribution in [1.82, 2.24) is 5.32 Å². The van der Waals surface area contributed by atoms with Crippen molar-refractivity contribution in [2.75, 3.05) is 11.9 Å². The van der Waals surface area contributed by atoms with E-state index in [0.29, 0.717) is 17.7 Å². The van der Waals surface area contributed by atoms with E-state index >= 15 is 0 Å². The second kappa shape index (κ2) is 7.25. The van der Waals surface area contributed by atoms with Crippen molar-refractivity contribution in [3.8, 4) is 5.75 Å². The molecule has 0 aliphatic carbocycles. The van der Waals surface area contributed by atoms with Crippen LogP contribution in [0, 0.1) is 5.92 Å². The van der Waals surface area contributed by atoms with E-state index in [4.69, 9.17) is 9.84 Å². The molecule has 0 aromatic heterocycles. The minimum absolute atomic E-state index is 0.124. The van der Waals surface area contributed by atoms with E-state index in [1.54, 1.807) is 13.0 Å². The number of benzene rings is 2. The zero-order valence-electron chi connectivity index (χ0n) is 13.9. The molecule has 3 N–H and O–H groups in total. The monoisotopic (exact) mass is 340 g/mol. The fraction of sp³-hybridized carbons (Fsp3) is 0.263. The SMILES string of the molecule is CC(Cc1ccc(OCC2NC(=O)c3ccccc3N2)cc1)C(=O)O. The van der Waals surface area contributed by atoms with Crippen molar-refractivity contribution in [2.24, 2.45) is 5.92 Å². The van der Waals surface area contributed by atoms with Crippen LogP contribution in [0.15, 0.2) is 48.5 Å². The average molecular weight is 340 g/mol. The Kier molecular flexibility index (Phi) is 4.88. The molecule has 2 aromatic rings. The molecule has 3 rings (SSSR count). The first kappa shape index (κ1) is 16.8. The van der Waals surface area contributed by atoms with Gasteiger partial charge < -0.3 is 20.5 Å². The number of para-hydroxylation sites is 1. The molecule has 0 saturated carbocycles. The van der Waals surface area contributed by atoms with Gasteiger partial charge in [-0.3, -0.25) is 9.59 Å². The molecule has 6 nitrogen and oxygen atoms in total. The maximum absolute atomic E-state index is 12.1. The van der Waals surface area contributed by atoms with Gasteiger partial charge in [-0.25, -0.2) is 0 Å². The van der Waals surface area contributed by atoms with E-state index in [1.165, 1.54) is 0 Å². The van der Waals surface area contributed by atoms with Gasteiger partial charge in [-0.2, -0.15) is 0 Å². The number of rotatable bonds is 6. The second-order valence-corrected chi connectivity index (χ2v) is 6.11. The third-order valence-corrected chi connectivity index (χ3v) is 4.11. The number of hydrogen-bond donors (Lipinski definition) is 3. The minimum atomic E-state index is -0.806. The Morgan fingerprint density at radius 1 is 1.16 bits per heavy atom. The molecule has 1 heterocycles. The molecular formula is C19H20N2O4. The smallest absolute Gasteiger partial charge is 0.306 e. The first-order valence-electron chi connectivity index (χ1n) is 8.14. The Morgan fingerprint density at radius 2 is 1.88 bits per heavy atom. The molecule has 1 aliphatic heterocycles. The Hall–Kier alpha value is -3.02. The minimum Gasteiger partial charge on any atom is -0.489 e. The highest BCUT2D eigenvalue weighted by Gasteiger charge is 2.23. The molecule has 0 spiro atoms. The average Bonchev–Trinajstić information content (AvgIpc) is 2.61. The van der Waals surface area contributed by atoms with Gasteiger partial charge >= 0.3 is 5.97 Å². The topological polar surface area (TPSA) is 87.7 Å². The number of ether oxygens (including phenoxy) is 1. The number of hydrogen-bond acceptors (Lipinski definition) is 4. The third kappa shape index (κ3) is 4.09. The normalized spacial score (nSPS) is 17.0. The molecule has 2 aromatic carbocycles. The van der Waals surface area contributed by atoms with Crippen LogP contribution in [0.3, 0.4) is 0 Å². The number of carboxylic acid groups (broad SMARTS) is 1. The van der Waals surface area contributed by atoms with E-state index < -0.39 is 11.9 Å². The first-order valence-corrected chi connectivity index (χ1v) is 8.14. The van der Waals surface area contributed by atoms with Crippen molar-refractivity contribution >= 4 is 17.6 Å². The molecule has 1 amide bonds. The predicted octanol–water partition coefficient (Wildman–Crippen LogP) is 2.51. The molecule has 1 aliphatic rings. The lowest BCUT2D eigenvalue weighted by atomic mass is 10.0. The van der Waals surface area contributed by atoms with E-state index in [0.717, 1.165) is 11.3 Å². The summed E-state index contributed by atoms with van der Waals surface area (Å²) in [5.74, 6) is -0.684. The third-order valence-electron chi connectivity index (χ3n) is 4.11. The lowest BCUT2D eigenvalue weighted by Gasteiger charge is -2.27. The molecule has 0 bridgehead atoms. The highest BCUT2D eigenvalue weighted by molar-refractivity contribution is 6.01. The summed E-state index contributed by atoms with van der Waals surface area (Å²) in [6, 6.07) is 14.7. The van der Waals surface area contributed by atoms with Crippen LogP contribution >= 0.6 is 0 Å². The highest BCUT2D eigenvalue weighted by Crippen LogP contribution is 2.20. The van der Waals surface area contributed by atoms with Crippen molar-refractivity contribution in [3.63, 3.8) is 0 Å². The zero-order chi connectivity index (χ0) is 17.8. The van der Waals surface area contributed by atoms with Gasteiger partial charge in [0.15, 0.2) is 0 Å². The van der Waals surface area contributed by atoms with Gasteiger partial charge in [0.2, 0.25) is 0 Å². The summed E-state index contributed by atoms with van der Waals surface area (Å²) in [6.07, 6.45) is 0.168. The van der Waals surface area contributed by atoms with E-state index in [9.17, 15) is 9.59 Å². The summed E-state index contributed by atoms with van der Waals surface area (Å²) in [6.45, 7) is 1.97. The molecule has 0 fully saturated rings. The fourth-order valence-electron chi connectivity index (χ4n) is 2.69. The Morgan fingerprint density at radius 3 is 2.60 bits per heavy atom. The number of anilines is 1. The summed E-state index contributed by atoms with van der Waals surface area (Å²) < 4.78 is 5.72. The number of carboxylic acids is 1. The molecule has 25 heavy (non-hydrogen) atoms. The van der Waals surface area contributed by atoms with Crippen LogP contribution in [0.1, 0.15) is 22.8 Å². The standard InChI is InChI=1S/C19H20N2O4/c1-12(19(23)24)10-13-6-8-14(9-7-13)25-11-17-20-16-5-3-2-4-15(16)18(22)21-17/h2-9,12,17,20H,10-11H2,1H3,(H,21,22)(H,23,24). The van der Waals surface area contributed by atoms with Crippen molar-refractivity contribution in [1.29, 1.82) is 0 Å². The number of aliphatic carboxylic acids is 1. The van der Waals surface area contributed by atoms with Crippen LogP contribution in [0.25, 0.3) is 0 Å². The van der Waals surface area contributed by atoms with Crippen LogP contribution in [-0.2, 0) is 11.2 Å². The summed E-state index contributed by atoms with van der Waals surface area (Å²) >= 11 is 0. The number of nitrogens with one attached hydrogen (secondary N) is 2. The van der Waals surface area contributed by atoms with Gasteiger partial charge in [0.05, 0.1) is 11.5 Å². The van der Waals surface area contributed by atoms with Crippen LogP contribution in [0.4, 0.5) is 5.69 Å². The van der Waals surface area contributed by atoms with Crippen LogP contribution in [0.2, 0.25) is 0 Å². The van der Waals surface area contributed by atoms with Gasteiger partial charge in [0.25, 0.3) is 5.91 Å². The quantitative estimate of drug-likeness (QED) is 0.752. The molecular weight excluding hydrogens is 320 g/mol. The van der Waals surface area contributed by atoms with Crippen LogP contribution in [0.5, 0.6) is 5.75 Å². The molecule has 2 atom stereocenters. The number of carbonyl (C=O) groups is 2. The number of carbonyl (C=O) groups excluding carboxylic acids is 1. The second-order valence-electron chi connectivity index (χ2n) is 6.11. The van der Waals surface area contributed by atoms with Gasteiger partial charge in [-0.05, 0) is 36.2 Å². The molecule has 6 heteroatoms. The Balaban J connectivity index is 1.56. The van der Waals surface area contributed by atoms with Gasteiger partial charge in [-0.15, -0.1) is 0 Å². The van der Waals surface area contributed by atoms with Crippen LogP contribution in [-0.4, -0.2) is 29.8 Å². The molecule has 0 saturated heterocycles. The summed E-state index contributed by atoms with van der Waals surface area (Å²) in [7, 11) is 0. The molecule has 130 valence electrons. The van der Waals surface area contributed by atoms with Gasteiger partial charge in [-0.1, -0.05) is 31.2 Å². The maximum atomic E-state index is 12.1. The number of amides is 1. The molecule has 0 radical (unpaired) electrons. The fourth-order valence-corrected chi connectivity index (χ4v) is 2.69. The highest BCUT2D eigenvalue weighted by atomic mass is 16.5. The van der Waals surface area contributed by atoms with Crippen molar-refractivity contribution in [2.45, 2.75) is 19.5 Å². The summed E-state index contributed by atoms with van der Waals surface area (Å²) in [5.41, 5.74) is 2.36. The first-order chi connectivity index (χ1) is 12.0. The van der Waals surface area contributed by atoms with E-state index in [-0.39, 0.29) is 18.7 Å². The Bertz CT molecular complexity index is 773. The lowest BCUT2D eigenvalue weighted by molar-refractivity contribution is -0.141. The zero-order valence-corrected chi connectivity index (χ0v) is 13.9. The van der Waals surface area contributed by atoms with Gasteiger partial charge in [0.1, 0.15) is 18.5 Å². The predicted molar refractivity (Wildman–Crippen MR) is 93.8 cm³/mol. The number of fused-ring (bicyclic) bond motifs is 1. The van der Waals surface area contributed by atoms with Crippen molar-refractivity contribution in [3.05, 3.63) is 59.7 Å².